The van der Waals surface area contributed by atoms with Gasteiger partial charge in [-0.15, -0.1) is 11.8 Å². The zero-order valence-corrected chi connectivity index (χ0v) is 12.1. The van der Waals surface area contributed by atoms with E-state index in [1.807, 2.05) is 18.4 Å². The molecule has 0 spiro atoms. The van der Waals surface area contributed by atoms with E-state index in [2.05, 4.69) is 13.8 Å². The fourth-order valence-corrected chi connectivity index (χ4v) is 3.80. The van der Waals surface area contributed by atoms with Crippen LogP contribution >= 0.6 is 11.8 Å². The Balaban J connectivity index is 2.30. The van der Waals surface area contributed by atoms with Crippen LogP contribution in [0.3, 0.4) is 0 Å². The van der Waals surface area contributed by atoms with E-state index in [0.29, 0.717) is 10.8 Å². The number of aliphatic hydroxyl groups excluding tert-OH is 1. The van der Waals surface area contributed by atoms with Crippen LogP contribution < -0.4 is 0 Å². The predicted molar refractivity (Wildman–Crippen MR) is 74.6 cm³/mol. The smallest absolute Gasteiger partial charge is 0.137 e. The first-order valence-corrected chi connectivity index (χ1v) is 7.83. The fraction of sp³-hybridized carbons (Fsp3) is 0.600. The van der Waals surface area contributed by atoms with Crippen molar-refractivity contribution in [2.45, 2.75) is 50.0 Å². The van der Waals surface area contributed by atoms with E-state index < -0.39 is 0 Å². The van der Waals surface area contributed by atoms with Gasteiger partial charge in [0.1, 0.15) is 5.82 Å². The van der Waals surface area contributed by atoms with E-state index in [-0.39, 0.29) is 17.3 Å². The average molecular weight is 268 g/mol. The third kappa shape index (κ3) is 1.97. The molecule has 18 heavy (non-hydrogen) atoms. The summed E-state index contributed by atoms with van der Waals surface area (Å²) in [5.74, 6) is 0.162. The first-order chi connectivity index (χ1) is 8.58. The Morgan fingerprint density at radius 3 is 2.50 bits per heavy atom. The van der Waals surface area contributed by atoms with Gasteiger partial charge in [-0.2, -0.15) is 0 Å². The van der Waals surface area contributed by atoms with Gasteiger partial charge in [0.2, 0.25) is 0 Å². The molecule has 0 heterocycles. The molecule has 1 fully saturated rings. The van der Waals surface area contributed by atoms with Crippen molar-refractivity contribution in [1.82, 2.24) is 0 Å². The van der Waals surface area contributed by atoms with Crippen LogP contribution in [0.1, 0.15) is 44.6 Å². The highest BCUT2D eigenvalue weighted by molar-refractivity contribution is 7.98. The van der Waals surface area contributed by atoms with Crippen molar-refractivity contribution in [2.24, 2.45) is 5.41 Å². The average Bonchev–Trinajstić information content (AvgIpc) is 2.37. The lowest BCUT2D eigenvalue weighted by atomic mass is 9.53. The van der Waals surface area contributed by atoms with Gasteiger partial charge in [-0.1, -0.05) is 19.9 Å². The summed E-state index contributed by atoms with van der Waals surface area (Å²) in [5.41, 5.74) is 0.993. The largest absolute Gasteiger partial charge is 0.393 e. The number of benzene rings is 1. The number of hydrogen-bond acceptors (Lipinski definition) is 2. The topological polar surface area (TPSA) is 20.2 Å². The van der Waals surface area contributed by atoms with Gasteiger partial charge in [0.15, 0.2) is 0 Å². The molecule has 100 valence electrons. The third-order valence-electron chi connectivity index (χ3n) is 4.71. The Morgan fingerprint density at radius 2 is 2.06 bits per heavy atom. The molecule has 0 saturated heterocycles. The lowest BCUT2D eigenvalue weighted by molar-refractivity contribution is -0.0932. The SMILES string of the molecule is CCC1(CC)C(O)CC1c1ccc(SC)c(F)c1. The molecule has 0 amide bonds. The summed E-state index contributed by atoms with van der Waals surface area (Å²) in [4.78, 5) is 0.692. The Kier molecular flexibility index (Phi) is 4.02. The van der Waals surface area contributed by atoms with Crippen molar-refractivity contribution >= 4 is 11.8 Å². The lowest BCUT2D eigenvalue weighted by Crippen LogP contribution is -2.50. The molecule has 1 aromatic rings. The second-order valence-electron chi connectivity index (χ2n) is 5.14. The summed E-state index contributed by atoms with van der Waals surface area (Å²) < 4.78 is 13.8. The summed E-state index contributed by atoms with van der Waals surface area (Å²) in [7, 11) is 0. The number of rotatable bonds is 4. The molecule has 1 saturated carbocycles. The number of aliphatic hydroxyl groups is 1. The summed E-state index contributed by atoms with van der Waals surface area (Å²) in [6.45, 7) is 4.23. The summed E-state index contributed by atoms with van der Waals surface area (Å²) in [6.07, 6.45) is 4.30. The standard InChI is InChI=1S/C15H21FOS/c1-4-15(5-2)11(9-14(15)17)10-6-7-13(18-3)12(16)8-10/h6-8,11,14,17H,4-5,9H2,1-3H3. The van der Waals surface area contributed by atoms with Crippen LogP contribution in [0.25, 0.3) is 0 Å². The van der Waals surface area contributed by atoms with Crippen LogP contribution in [-0.4, -0.2) is 17.5 Å². The first-order valence-electron chi connectivity index (χ1n) is 6.60. The molecule has 1 aliphatic carbocycles. The summed E-state index contributed by atoms with van der Waals surface area (Å²) >= 11 is 1.43. The van der Waals surface area contributed by atoms with Gasteiger partial charge in [-0.3, -0.25) is 0 Å². The van der Waals surface area contributed by atoms with Gasteiger partial charge in [0.25, 0.3) is 0 Å². The molecule has 1 N–H and O–H groups in total. The normalized spacial score (nSPS) is 25.8. The Hall–Kier alpha value is -0.540. The van der Waals surface area contributed by atoms with Crippen LogP contribution in [-0.2, 0) is 0 Å². The first kappa shape index (κ1) is 13.9. The van der Waals surface area contributed by atoms with Crippen molar-refractivity contribution in [1.29, 1.82) is 0 Å². The maximum absolute atomic E-state index is 13.8. The van der Waals surface area contributed by atoms with Crippen molar-refractivity contribution < 1.29 is 9.50 Å². The maximum atomic E-state index is 13.8. The second-order valence-corrected chi connectivity index (χ2v) is 5.99. The second kappa shape index (κ2) is 5.22. The third-order valence-corrected chi connectivity index (χ3v) is 5.48. The molecule has 0 radical (unpaired) electrons. The quantitative estimate of drug-likeness (QED) is 0.826. The van der Waals surface area contributed by atoms with Gasteiger partial charge < -0.3 is 5.11 Å². The van der Waals surface area contributed by atoms with Gasteiger partial charge in [0.05, 0.1) is 6.10 Å². The molecule has 0 aromatic heterocycles. The molecule has 2 rings (SSSR count). The van der Waals surface area contributed by atoms with E-state index in [4.69, 9.17) is 0 Å². The van der Waals surface area contributed by atoms with Gasteiger partial charge in [-0.25, -0.2) is 4.39 Å². The Morgan fingerprint density at radius 1 is 1.39 bits per heavy atom. The summed E-state index contributed by atoms with van der Waals surface area (Å²) in [6, 6.07) is 5.53. The zero-order valence-electron chi connectivity index (χ0n) is 11.2. The number of thioether (sulfide) groups is 1. The molecule has 0 aliphatic heterocycles. The Labute approximate surface area is 113 Å². The van der Waals surface area contributed by atoms with Crippen molar-refractivity contribution in [3.05, 3.63) is 29.6 Å². The number of halogens is 1. The molecule has 0 bridgehead atoms. The molecule has 1 nitrogen and oxygen atoms in total. The van der Waals surface area contributed by atoms with Crippen LogP contribution in [0.15, 0.2) is 23.1 Å². The van der Waals surface area contributed by atoms with Crippen molar-refractivity contribution in [3.63, 3.8) is 0 Å². The van der Waals surface area contributed by atoms with Crippen LogP contribution in [0.4, 0.5) is 4.39 Å². The van der Waals surface area contributed by atoms with E-state index in [9.17, 15) is 9.50 Å². The highest BCUT2D eigenvalue weighted by Crippen LogP contribution is 2.57. The monoisotopic (exact) mass is 268 g/mol. The van der Waals surface area contributed by atoms with Crippen LogP contribution in [0.2, 0.25) is 0 Å². The predicted octanol–water partition coefficient (Wildman–Crippen LogP) is 4.20. The lowest BCUT2D eigenvalue weighted by Gasteiger charge is -2.53. The van der Waals surface area contributed by atoms with Gasteiger partial charge in [0, 0.05) is 10.3 Å². The molecular weight excluding hydrogens is 247 g/mol. The summed E-state index contributed by atoms with van der Waals surface area (Å²) in [5, 5.41) is 10.1. The minimum absolute atomic E-state index is 0.0483. The molecule has 2 unspecified atom stereocenters. The van der Waals surface area contributed by atoms with Gasteiger partial charge >= 0.3 is 0 Å². The number of hydrogen-bond donors (Lipinski definition) is 1. The molecule has 1 aliphatic rings. The fourth-order valence-electron chi connectivity index (χ4n) is 3.35. The highest BCUT2D eigenvalue weighted by atomic mass is 32.2. The molecular formula is C15H21FOS. The van der Waals surface area contributed by atoms with E-state index in [1.165, 1.54) is 11.8 Å². The van der Waals surface area contributed by atoms with Crippen LogP contribution in [0.5, 0.6) is 0 Å². The van der Waals surface area contributed by atoms with E-state index >= 15 is 0 Å². The minimum atomic E-state index is -0.235. The Bertz CT molecular complexity index is 429. The van der Waals surface area contributed by atoms with E-state index in [0.717, 1.165) is 24.8 Å². The molecule has 3 heteroatoms. The molecule has 2 atom stereocenters. The van der Waals surface area contributed by atoms with Crippen molar-refractivity contribution in [2.75, 3.05) is 6.26 Å². The van der Waals surface area contributed by atoms with E-state index in [1.54, 1.807) is 6.07 Å². The maximum Gasteiger partial charge on any atom is 0.137 e. The van der Waals surface area contributed by atoms with Crippen molar-refractivity contribution in [3.8, 4) is 0 Å². The highest BCUT2D eigenvalue weighted by Gasteiger charge is 2.52. The van der Waals surface area contributed by atoms with Crippen LogP contribution in [0, 0.1) is 11.2 Å². The zero-order chi connectivity index (χ0) is 13.3. The minimum Gasteiger partial charge on any atom is -0.393 e. The van der Waals surface area contributed by atoms with Gasteiger partial charge in [-0.05, 0) is 49.1 Å². The molecule has 1 aromatic carbocycles.